The van der Waals surface area contributed by atoms with Gasteiger partial charge in [0.1, 0.15) is 11.5 Å². The normalized spacial score (nSPS) is 15.4. The van der Waals surface area contributed by atoms with Crippen molar-refractivity contribution in [3.63, 3.8) is 0 Å². The predicted molar refractivity (Wildman–Crippen MR) is 112 cm³/mol. The van der Waals surface area contributed by atoms with Crippen LogP contribution in [0.3, 0.4) is 0 Å². The maximum Gasteiger partial charge on any atom is 0.422 e. The van der Waals surface area contributed by atoms with Crippen LogP contribution in [0.4, 0.5) is 23.7 Å². The molecule has 9 heteroatoms. The van der Waals surface area contributed by atoms with Gasteiger partial charge in [-0.05, 0) is 44.1 Å². The summed E-state index contributed by atoms with van der Waals surface area (Å²) >= 11 is 0. The van der Waals surface area contributed by atoms with E-state index in [1.54, 1.807) is 19.2 Å². The number of alkyl halides is 3. The van der Waals surface area contributed by atoms with Crippen molar-refractivity contribution >= 4 is 11.7 Å². The van der Waals surface area contributed by atoms with Crippen molar-refractivity contribution in [3.8, 4) is 11.5 Å². The molecule has 31 heavy (non-hydrogen) atoms. The summed E-state index contributed by atoms with van der Waals surface area (Å²) in [7, 11) is 1.61. The van der Waals surface area contributed by atoms with Crippen molar-refractivity contribution < 1.29 is 27.4 Å². The number of carbonyl (C=O) groups is 1. The number of ether oxygens (including phenoxy) is 2. The van der Waals surface area contributed by atoms with Crippen LogP contribution in [-0.2, 0) is 0 Å². The fourth-order valence-corrected chi connectivity index (χ4v) is 3.64. The predicted octanol–water partition coefficient (Wildman–Crippen LogP) is 4.59. The minimum Gasteiger partial charge on any atom is -0.496 e. The Morgan fingerprint density at radius 3 is 2.39 bits per heavy atom. The van der Waals surface area contributed by atoms with E-state index in [1.165, 1.54) is 12.1 Å². The molecule has 1 unspecified atom stereocenters. The molecule has 2 amide bonds. The van der Waals surface area contributed by atoms with Crippen LogP contribution >= 0.6 is 0 Å². The second-order valence-corrected chi connectivity index (χ2v) is 7.24. The molecule has 0 spiro atoms. The average molecular weight is 437 g/mol. The highest BCUT2D eigenvalue weighted by Gasteiger charge is 2.29. The van der Waals surface area contributed by atoms with Crippen LogP contribution in [0.1, 0.15) is 24.4 Å². The lowest BCUT2D eigenvalue weighted by Gasteiger charge is -2.29. The number of hydrogen-bond donors (Lipinski definition) is 2. The van der Waals surface area contributed by atoms with Gasteiger partial charge in [-0.25, -0.2) is 4.79 Å². The maximum absolute atomic E-state index is 12.5. The van der Waals surface area contributed by atoms with E-state index < -0.39 is 18.8 Å². The third-order valence-electron chi connectivity index (χ3n) is 5.06. The summed E-state index contributed by atoms with van der Waals surface area (Å²) < 4.78 is 47.7. The molecule has 0 aromatic heterocycles. The minimum absolute atomic E-state index is 0.0456. The van der Waals surface area contributed by atoms with E-state index in [0.717, 1.165) is 37.2 Å². The number of urea groups is 1. The molecule has 0 radical (unpaired) electrons. The molecule has 1 atom stereocenters. The fraction of sp³-hybridized carbons (Fsp3) is 0.409. The largest absolute Gasteiger partial charge is 0.496 e. The third-order valence-corrected chi connectivity index (χ3v) is 5.06. The Hall–Kier alpha value is -2.94. The number of likely N-dealkylation sites (tertiary alicyclic amines) is 1. The van der Waals surface area contributed by atoms with Crippen molar-refractivity contribution in [2.75, 3.05) is 38.7 Å². The quantitative estimate of drug-likeness (QED) is 0.634. The Morgan fingerprint density at radius 2 is 1.71 bits per heavy atom. The summed E-state index contributed by atoms with van der Waals surface area (Å²) in [6.45, 7) is 0.718. The van der Waals surface area contributed by atoms with E-state index in [9.17, 15) is 18.0 Å². The third kappa shape index (κ3) is 6.52. The van der Waals surface area contributed by atoms with Crippen molar-refractivity contribution in [2.45, 2.75) is 25.1 Å². The van der Waals surface area contributed by atoms with E-state index in [2.05, 4.69) is 15.5 Å². The highest BCUT2D eigenvalue weighted by atomic mass is 19.4. The number of para-hydroxylation sites is 3. The van der Waals surface area contributed by atoms with E-state index in [-0.39, 0.29) is 17.5 Å². The van der Waals surface area contributed by atoms with Gasteiger partial charge in [0, 0.05) is 12.1 Å². The first kappa shape index (κ1) is 22.7. The zero-order valence-electron chi connectivity index (χ0n) is 17.2. The SMILES string of the molecule is COc1ccccc1C(CNC(=O)Nc1ccccc1OCC(F)(F)F)N1CCCC1. The van der Waals surface area contributed by atoms with E-state index in [4.69, 9.17) is 9.47 Å². The molecule has 1 heterocycles. The molecule has 168 valence electrons. The van der Waals surface area contributed by atoms with Crippen molar-refractivity contribution in [3.05, 3.63) is 54.1 Å². The second-order valence-electron chi connectivity index (χ2n) is 7.24. The summed E-state index contributed by atoms with van der Waals surface area (Å²) in [6, 6.07) is 13.1. The maximum atomic E-state index is 12.5. The summed E-state index contributed by atoms with van der Waals surface area (Å²) in [6.07, 6.45) is -2.30. The molecule has 2 aromatic rings. The van der Waals surface area contributed by atoms with Gasteiger partial charge in [0.2, 0.25) is 0 Å². The van der Waals surface area contributed by atoms with E-state index in [1.807, 2.05) is 24.3 Å². The number of carbonyl (C=O) groups excluding carboxylic acids is 1. The lowest BCUT2D eigenvalue weighted by Crippen LogP contribution is -2.38. The number of nitrogens with one attached hydrogen (secondary N) is 2. The Balaban J connectivity index is 1.67. The molecule has 0 aliphatic carbocycles. The number of methoxy groups -OCH3 is 1. The van der Waals surface area contributed by atoms with E-state index in [0.29, 0.717) is 6.54 Å². The van der Waals surface area contributed by atoms with Gasteiger partial charge in [-0.1, -0.05) is 30.3 Å². The molecule has 3 rings (SSSR count). The Kier molecular flexibility index (Phi) is 7.62. The van der Waals surface area contributed by atoms with Gasteiger partial charge in [0.15, 0.2) is 6.61 Å². The molecule has 6 nitrogen and oxygen atoms in total. The molecular formula is C22H26F3N3O3. The zero-order valence-corrected chi connectivity index (χ0v) is 17.2. The highest BCUT2D eigenvalue weighted by Crippen LogP contribution is 2.31. The van der Waals surface area contributed by atoms with Gasteiger partial charge in [0.25, 0.3) is 0 Å². The molecule has 2 aromatic carbocycles. The highest BCUT2D eigenvalue weighted by molar-refractivity contribution is 5.90. The van der Waals surface area contributed by atoms with Crippen molar-refractivity contribution in [1.82, 2.24) is 10.2 Å². The fourth-order valence-electron chi connectivity index (χ4n) is 3.64. The summed E-state index contributed by atoms with van der Waals surface area (Å²) in [5, 5.41) is 5.41. The Bertz CT molecular complexity index is 870. The topological polar surface area (TPSA) is 62.8 Å². The van der Waals surface area contributed by atoms with Crippen molar-refractivity contribution in [2.24, 2.45) is 0 Å². The van der Waals surface area contributed by atoms with Crippen LogP contribution < -0.4 is 20.1 Å². The molecule has 1 aliphatic heterocycles. The average Bonchev–Trinajstić information content (AvgIpc) is 3.27. The number of benzene rings is 2. The molecule has 0 saturated carbocycles. The Morgan fingerprint density at radius 1 is 1.06 bits per heavy atom. The first-order chi connectivity index (χ1) is 14.9. The molecular weight excluding hydrogens is 411 g/mol. The zero-order chi connectivity index (χ0) is 22.3. The van der Waals surface area contributed by atoms with Gasteiger partial charge in [-0.2, -0.15) is 13.2 Å². The summed E-state index contributed by atoms with van der Waals surface area (Å²) in [5.74, 6) is 0.698. The van der Waals surface area contributed by atoms with E-state index >= 15 is 0 Å². The lowest BCUT2D eigenvalue weighted by molar-refractivity contribution is -0.153. The van der Waals surface area contributed by atoms with Crippen LogP contribution in [0.15, 0.2) is 48.5 Å². The van der Waals surface area contributed by atoms with Crippen LogP contribution in [0, 0.1) is 0 Å². The molecule has 1 fully saturated rings. The van der Waals surface area contributed by atoms with Gasteiger partial charge in [-0.3, -0.25) is 4.90 Å². The molecule has 1 aliphatic rings. The second kappa shape index (κ2) is 10.4. The first-order valence-corrected chi connectivity index (χ1v) is 10.1. The van der Waals surface area contributed by atoms with Gasteiger partial charge >= 0.3 is 12.2 Å². The summed E-state index contributed by atoms with van der Waals surface area (Å²) in [5.41, 5.74) is 1.14. The van der Waals surface area contributed by atoms with Crippen molar-refractivity contribution in [1.29, 1.82) is 0 Å². The smallest absolute Gasteiger partial charge is 0.422 e. The van der Waals surface area contributed by atoms with Crippen LogP contribution in [0.2, 0.25) is 0 Å². The number of amides is 2. The van der Waals surface area contributed by atoms with Crippen LogP contribution in [-0.4, -0.2) is 50.5 Å². The van der Waals surface area contributed by atoms with Crippen LogP contribution in [0.5, 0.6) is 11.5 Å². The number of anilines is 1. The first-order valence-electron chi connectivity index (χ1n) is 10.1. The molecule has 0 bridgehead atoms. The minimum atomic E-state index is -4.47. The summed E-state index contributed by atoms with van der Waals surface area (Å²) in [4.78, 5) is 14.8. The van der Waals surface area contributed by atoms with Crippen LogP contribution in [0.25, 0.3) is 0 Å². The number of rotatable bonds is 8. The number of hydrogen-bond acceptors (Lipinski definition) is 4. The van der Waals surface area contributed by atoms with Gasteiger partial charge < -0.3 is 20.1 Å². The van der Waals surface area contributed by atoms with Gasteiger partial charge in [-0.15, -0.1) is 0 Å². The monoisotopic (exact) mass is 437 g/mol. The molecule has 1 saturated heterocycles. The standard InChI is InChI=1S/C22H26F3N3O3/c1-30-19-10-4-2-8-16(19)18(28-12-6-7-13-28)14-26-21(29)27-17-9-3-5-11-20(17)31-15-22(23,24)25/h2-5,8-11,18H,6-7,12-15H2,1H3,(H2,26,27,29). The lowest BCUT2D eigenvalue weighted by atomic mass is 10.0. The van der Waals surface area contributed by atoms with Gasteiger partial charge in [0.05, 0.1) is 18.8 Å². The Labute approximate surface area is 179 Å². The number of nitrogens with zero attached hydrogens (tertiary/aromatic N) is 1. The number of halogens is 3. The molecule has 2 N–H and O–H groups in total.